The minimum absolute atomic E-state index is 0.598. The Hall–Kier alpha value is -1.07. The highest BCUT2D eigenvalue weighted by molar-refractivity contribution is 7.09. The zero-order chi connectivity index (χ0) is 15.7. The van der Waals surface area contributed by atoms with Crippen molar-refractivity contribution in [2.75, 3.05) is 20.1 Å². The second-order valence-corrected chi connectivity index (χ2v) is 6.74. The minimum atomic E-state index is 0.598. The molecular formula is C16H30N4S. The van der Waals surface area contributed by atoms with Gasteiger partial charge < -0.3 is 10.6 Å². The lowest BCUT2D eigenvalue weighted by Crippen LogP contribution is -2.41. The number of hydrogen-bond donors (Lipinski definition) is 2. The van der Waals surface area contributed by atoms with Crippen LogP contribution < -0.4 is 10.6 Å². The molecular weight excluding hydrogens is 280 g/mol. The fourth-order valence-electron chi connectivity index (χ4n) is 2.39. The largest absolute Gasteiger partial charge is 0.356 e. The normalized spacial score (nSPS) is 12.5. The van der Waals surface area contributed by atoms with Crippen molar-refractivity contribution in [3.63, 3.8) is 0 Å². The predicted octanol–water partition coefficient (Wildman–Crippen LogP) is 2.92. The molecule has 1 heterocycles. The van der Waals surface area contributed by atoms with Crippen LogP contribution in [0.15, 0.2) is 22.5 Å². The molecule has 0 aliphatic carbocycles. The van der Waals surface area contributed by atoms with Gasteiger partial charge in [0.25, 0.3) is 0 Å². The van der Waals surface area contributed by atoms with E-state index in [-0.39, 0.29) is 0 Å². The highest BCUT2D eigenvalue weighted by Crippen LogP contribution is 2.07. The summed E-state index contributed by atoms with van der Waals surface area (Å²) in [6.07, 6.45) is 1.12. The maximum Gasteiger partial charge on any atom is 0.191 e. The van der Waals surface area contributed by atoms with Gasteiger partial charge in [0.1, 0.15) is 0 Å². The van der Waals surface area contributed by atoms with Gasteiger partial charge in [-0.1, -0.05) is 6.07 Å². The quantitative estimate of drug-likeness (QED) is 0.440. The fourth-order valence-corrected chi connectivity index (χ4v) is 3.03. The fraction of sp³-hybridized carbons (Fsp3) is 0.688. The highest BCUT2D eigenvalue weighted by Gasteiger charge is 2.12. The molecule has 2 N–H and O–H groups in total. The van der Waals surface area contributed by atoms with E-state index < -0.39 is 0 Å². The summed E-state index contributed by atoms with van der Waals surface area (Å²) in [5.74, 6) is 0.879. The van der Waals surface area contributed by atoms with Crippen molar-refractivity contribution in [1.82, 2.24) is 15.5 Å². The van der Waals surface area contributed by atoms with Crippen molar-refractivity contribution in [2.45, 2.75) is 52.7 Å². The molecule has 0 unspecified atom stereocenters. The third-order valence-corrected chi connectivity index (χ3v) is 4.32. The molecule has 21 heavy (non-hydrogen) atoms. The first-order valence-corrected chi connectivity index (χ1v) is 8.65. The van der Waals surface area contributed by atoms with Gasteiger partial charge in [0, 0.05) is 37.1 Å². The molecule has 0 aliphatic heterocycles. The predicted molar refractivity (Wildman–Crippen MR) is 94.1 cm³/mol. The first-order chi connectivity index (χ1) is 10.0. The number of aliphatic imine (C=N–C) groups is 1. The Morgan fingerprint density at radius 1 is 1.24 bits per heavy atom. The van der Waals surface area contributed by atoms with Crippen LogP contribution in [0.25, 0.3) is 0 Å². The number of thiophene rings is 1. The molecule has 0 atom stereocenters. The van der Waals surface area contributed by atoms with Gasteiger partial charge >= 0.3 is 0 Å². The lowest BCUT2D eigenvalue weighted by molar-refractivity contribution is 0.173. The molecule has 0 saturated heterocycles. The van der Waals surface area contributed by atoms with Crippen LogP contribution in [0.1, 0.15) is 39.0 Å². The van der Waals surface area contributed by atoms with E-state index in [1.54, 1.807) is 11.3 Å². The average Bonchev–Trinajstić information content (AvgIpc) is 2.94. The lowest BCUT2D eigenvalue weighted by atomic mass is 10.2. The van der Waals surface area contributed by atoms with Crippen LogP contribution >= 0.6 is 11.3 Å². The average molecular weight is 311 g/mol. The maximum atomic E-state index is 4.26. The van der Waals surface area contributed by atoms with Gasteiger partial charge in [0.2, 0.25) is 0 Å². The van der Waals surface area contributed by atoms with Crippen LogP contribution in [0.2, 0.25) is 0 Å². The SMILES string of the molecule is CN=C(NCCCN(C(C)C)C(C)C)NCc1cccs1. The van der Waals surface area contributed by atoms with E-state index in [0.717, 1.165) is 32.0 Å². The molecule has 0 fully saturated rings. The summed E-state index contributed by atoms with van der Waals surface area (Å²) in [7, 11) is 1.82. The van der Waals surface area contributed by atoms with E-state index in [4.69, 9.17) is 0 Å². The molecule has 0 saturated carbocycles. The molecule has 0 aliphatic rings. The van der Waals surface area contributed by atoms with Crippen LogP contribution in [-0.4, -0.2) is 43.1 Å². The molecule has 5 heteroatoms. The first-order valence-electron chi connectivity index (χ1n) is 7.77. The molecule has 4 nitrogen and oxygen atoms in total. The summed E-state index contributed by atoms with van der Waals surface area (Å²) < 4.78 is 0. The summed E-state index contributed by atoms with van der Waals surface area (Å²) in [5.41, 5.74) is 0. The monoisotopic (exact) mass is 310 g/mol. The molecule has 120 valence electrons. The standard InChI is InChI=1S/C16H30N4S/c1-13(2)20(14(3)4)10-7-9-18-16(17-5)19-12-15-8-6-11-21-15/h6,8,11,13-14H,7,9-10,12H2,1-5H3,(H2,17,18,19). The van der Waals surface area contributed by atoms with Crippen molar-refractivity contribution in [1.29, 1.82) is 0 Å². The molecule has 1 rings (SSSR count). The Morgan fingerprint density at radius 2 is 1.95 bits per heavy atom. The van der Waals surface area contributed by atoms with E-state index in [1.807, 2.05) is 7.05 Å². The van der Waals surface area contributed by atoms with E-state index in [1.165, 1.54) is 4.88 Å². The zero-order valence-electron chi connectivity index (χ0n) is 14.0. The molecule has 0 bridgehead atoms. The Bertz CT molecular complexity index is 390. The molecule has 0 spiro atoms. The Kier molecular flexibility index (Phi) is 8.38. The number of rotatable bonds is 8. The van der Waals surface area contributed by atoms with Crippen molar-refractivity contribution in [3.05, 3.63) is 22.4 Å². The van der Waals surface area contributed by atoms with Gasteiger partial charge in [-0.25, -0.2) is 0 Å². The number of hydrogen-bond acceptors (Lipinski definition) is 3. The van der Waals surface area contributed by atoms with Gasteiger partial charge in [-0.2, -0.15) is 0 Å². The number of nitrogens with zero attached hydrogens (tertiary/aromatic N) is 2. The smallest absolute Gasteiger partial charge is 0.191 e. The summed E-state index contributed by atoms with van der Waals surface area (Å²) in [6, 6.07) is 5.40. The maximum absolute atomic E-state index is 4.26. The molecule has 0 aromatic carbocycles. The third kappa shape index (κ3) is 6.96. The van der Waals surface area contributed by atoms with Crippen LogP contribution in [0, 0.1) is 0 Å². The van der Waals surface area contributed by atoms with Gasteiger partial charge in [0.15, 0.2) is 5.96 Å². The van der Waals surface area contributed by atoms with Gasteiger partial charge in [-0.15, -0.1) is 11.3 Å². The first kappa shape index (κ1) is 18.0. The van der Waals surface area contributed by atoms with Gasteiger partial charge in [-0.05, 0) is 45.6 Å². The summed E-state index contributed by atoms with van der Waals surface area (Å²) in [4.78, 5) is 8.10. The third-order valence-electron chi connectivity index (χ3n) is 3.45. The Labute approximate surface area is 133 Å². The number of guanidine groups is 1. The number of nitrogens with one attached hydrogen (secondary N) is 2. The van der Waals surface area contributed by atoms with E-state index in [9.17, 15) is 0 Å². The Morgan fingerprint density at radius 3 is 2.48 bits per heavy atom. The van der Waals surface area contributed by atoms with Crippen LogP contribution in [0.3, 0.4) is 0 Å². The lowest BCUT2D eigenvalue weighted by Gasteiger charge is -2.30. The molecule has 0 radical (unpaired) electrons. The summed E-state index contributed by atoms with van der Waals surface area (Å²) in [6.45, 7) is 11.9. The second-order valence-electron chi connectivity index (χ2n) is 5.71. The van der Waals surface area contributed by atoms with Gasteiger partial charge in [-0.3, -0.25) is 9.89 Å². The molecule has 1 aromatic heterocycles. The van der Waals surface area contributed by atoms with Crippen LogP contribution in [0.5, 0.6) is 0 Å². The van der Waals surface area contributed by atoms with Crippen LogP contribution in [0.4, 0.5) is 0 Å². The topological polar surface area (TPSA) is 39.7 Å². The van der Waals surface area contributed by atoms with Crippen molar-refractivity contribution in [3.8, 4) is 0 Å². The minimum Gasteiger partial charge on any atom is -0.356 e. The van der Waals surface area contributed by atoms with Crippen molar-refractivity contribution < 1.29 is 0 Å². The molecule has 1 aromatic rings. The van der Waals surface area contributed by atoms with E-state index in [2.05, 4.69) is 65.7 Å². The second kappa shape index (κ2) is 9.79. The van der Waals surface area contributed by atoms with E-state index in [0.29, 0.717) is 12.1 Å². The van der Waals surface area contributed by atoms with Crippen molar-refractivity contribution in [2.24, 2.45) is 4.99 Å². The van der Waals surface area contributed by atoms with Crippen molar-refractivity contribution >= 4 is 17.3 Å². The van der Waals surface area contributed by atoms with Crippen LogP contribution in [-0.2, 0) is 6.54 Å². The summed E-state index contributed by atoms with van der Waals surface area (Å²) >= 11 is 1.76. The summed E-state index contributed by atoms with van der Waals surface area (Å²) in [5, 5.41) is 8.82. The highest BCUT2D eigenvalue weighted by atomic mass is 32.1. The Balaban J connectivity index is 2.23. The van der Waals surface area contributed by atoms with E-state index >= 15 is 0 Å². The molecule has 0 amide bonds. The zero-order valence-corrected chi connectivity index (χ0v) is 14.8. The van der Waals surface area contributed by atoms with Gasteiger partial charge in [0.05, 0.1) is 6.54 Å².